The molecule has 1 saturated carbocycles. The molecule has 5 rings (SSSR count). The molecular weight excluding hydrogens is 268 g/mol. The van der Waals surface area contributed by atoms with Gasteiger partial charge in [0.15, 0.2) is 0 Å². The van der Waals surface area contributed by atoms with Crippen molar-refractivity contribution in [3.05, 3.63) is 71.8 Å². The predicted octanol–water partition coefficient (Wildman–Crippen LogP) is 5.31. The van der Waals surface area contributed by atoms with Crippen LogP contribution in [0.3, 0.4) is 0 Å². The largest absolute Gasteiger partial charge is 0.181 e. The van der Waals surface area contributed by atoms with Gasteiger partial charge in [-0.2, -0.15) is 10.2 Å². The summed E-state index contributed by atoms with van der Waals surface area (Å²) in [6, 6.07) is 21.5. The molecule has 0 saturated heterocycles. The number of nitrogens with zero attached hydrogens (tertiary/aromatic N) is 2. The van der Waals surface area contributed by atoms with Gasteiger partial charge in [-0.15, -0.1) is 0 Å². The lowest BCUT2D eigenvalue weighted by atomic mass is 9.56. The Kier molecular flexibility index (Phi) is 2.97. The Hall–Kier alpha value is -1.96. The topological polar surface area (TPSA) is 24.7 Å². The van der Waals surface area contributed by atoms with Crippen molar-refractivity contribution in [3.63, 3.8) is 0 Å². The monoisotopic (exact) mass is 290 g/mol. The van der Waals surface area contributed by atoms with E-state index in [1.807, 2.05) is 0 Å². The first kappa shape index (κ1) is 13.7. The van der Waals surface area contributed by atoms with Crippen molar-refractivity contribution in [2.24, 2.45) is 22.1 Å². The predicted molar refractivity (Wildman–Crippen MR) is 88.7 cm³/mol. The minimum atomic E-state index is -0.128. The first-order chi connectivity index (χ1) is 10.7. The Morgan fingerprint density at radius 2 is 1.05 bits per heavy atom. The molecule has 4 atom stereocenters. The van der Waals surface area contributed by atoms with Crippen LogP contribution in [-0.4, -0.2) is 0 Å². The molecule has 1 fully saturated rings. The van der Waals surface area contributed by atoms with Gasteiger partial charge < -0.3 is 0 Å². The molecule has 0 aromatic heterocycles. The van der Waals surface area contributed by atoms with E-state index in [0.29, 0.717) is 11.8 Å². The zero-order valence-corrected chi connectivity index (χ0v) is 13.2. The Balaban J connectivity index is 1.84. The molecule has 2 heteroatoms. The van der Waals surface area contributed by atoms with E-state index in [1.54, 1.807) is 0 Å². The van der Waals surface area contributed by atoms with Crippen LogP contribution in [0.5, 0.6) is 0 Å². The molecule has 2 nitrogen and oxygen atoms in total. The Bertz CT molecular complexity index is 633. The molecule has 0 N–H and O–H groups in total. The van der Waals surface area contributed by atoms with Crippen molar-refractivity contribution in [2.45, 2.75) is 37.8 Å². The minimum absolute atomic E-state index is 0.128. The minimum Gasteiger partial charge on any atom is -0.181 e. The maximum atomic E-state index is 4.90. The molecular formula is C20H22N2. The number of azo groups is 1. The summed E-state index contributed by atoms with van der Waals surface area (Å²) in [5.41, 5.74) is 2.38. The molecule has 3 aliphatic rings. The van der Waals surface area contributed by atoms with E-state index in [2.05, 4.69) is 74.5 Å². The average molecular weight is 290 g/mol. The molecule has 2 bridgehead atoms. The highest BCUT2D eigenvalue weighted by Gasteiger charge is 2.58. The first-order valence-corrected chi connectivity index (χ1v) is 8.24. The smallest absolute Gasteiger partial charge is 0.109 e. The Morgan fingerprint density at radius 3 is 1.36 bits per heavy atom. The van der Waals surface area contributed by atoms with Crippen LogP contribution in [0.1, 0.15) is 37.8 Å². The van der Waals surface area contributed by atoms with Crippen LogP contribution < -0.4 is 0 Å². The fourth-order valence-electron chi connectivity index (χ4n) is 4.51. The Labute approximate surface area is 132 Å². The van der Waals surface area contributed by atoms with Crippen LogP contribution >= 0.6 is 0 Å². The van der Waals surface area contributed by atoms with Gasteiger partial charge in [0, 0.05) is 0 Å². The van der Waals surface area contributed by atoms with Crippen LogP contribution in [0.25, 0.3) is 0 Å². The summed E-state index contributed by atoms with van der Waals surface area (Å²) in [5, 5.41) is 9.81. The van der Waals surface area contributed by atoms with Gasteiger partial charge in [-0.1, -0.05) is 74.5 Å². The lowest BCUT2D eigenvalue weighted by Gasteiger charge is -2.55. The highest BCUT2D eigenvalue weighted by molar-refractivity contribution is 5.34. The van der Waals surface area contributed by atoms with Crippen molar-refractivity contribution >= 4 is 0 Å². The van der Waals surface area contributed by atoms with Crippen molar-refractivity contribution in [1.29, 1.82) is 0 Å². The molecule has 0 amide bonds. The third-order valence-corrected chi connectivity index (χ3v) is 6.10. The highest BCUT2D eigenvalue weighted by atomic mass is 15.2. The second-order valence-electron chi connectivity index (χ2n) is 6.86. The summed E-state index contributed by atoms with van der Waals surface area (Å²) in [6.07, 6.45) is 2.17. The van der Waals surface area contributed by atoms with Crippen molar-refractivity contribution in [1.82, 2.24) is 0 Å². The molecule has 1 aliphatic carbocycles. The molecule has 0 spiro atoms. The van der Waals surface area contributed by atoms with Crippen molar-refractivity contribution in [3.8, 4) is 0 Å². The number of benzene rings is 2. The number of hydrogen-bond donors (Lipinski definition) is 0. The fraction of sp³-hybridized carbons (Fsp3) is 0.400. The van der Waals surface area contributed by atoms with E-state index in [1.165, 1.54) is 11.1 Å². The molecule has 2 heterocycles. The zero-order valence-electron chi connectivity index (χ0n) is 13.2. The fourth-order valence-corrected chi connectivity index (χ4v) is 4.51. The second-order valence-corrected chi connectivity index (χ2v) is 6.86. The first-order valence-electron chi connectivity index (χ1n) is 8.24. The molecule has 2 aromatic carbocycles. The maximum absolute atomic E-state index is 4.90. The van der Waals surface area contributed by atoms with E-state index in [9.17, 15) is 0 Å². The standard InChI is InChI=1S/C20H22N2/c1-15-16(2)20(18-11-7-4-8-12-18)14-13-19(15,21-22-20)17-9-5-3-6-10-17/h3-12,15-16H,13-14H2,1-2H3/t15-,16+,19-,20+. The van der Waals surface area contributed by atoms with E-state index in [-0.39, 0.29) is 11.1 Å². The van der Waals surface area contributed by atoms with Gasteiger partial charge in [-0.25, -0.2) is 0 Å². The maximum Gasteiger partial charge on any atom is 0.109 e. The van der Waals surface area contributed by atoms with Crippen LogP contribution in [-0.2, 0) is 11.1 Å². The lowest BCUT2D eigenvalue weighted by Crippen LogP contribution is -2.53. The van der Waals surface area contributed by atoms with Gasteiger partial charge in [0.25, 0.3) is 0 Å². The molecule has 0 unspecified atom stereocenters. The third kappa shape index (κ3) is 1.67. The number of fused-ring (bicyclic) bond motifs is 2. The normalized spacial score (nSPS) is 36.5. The summed E-state index contributed by atoms with van der Waals surface area (Å²) in [6.45, 7) is 4.71. The van der Waals surface area contributed by atoms with Crippen LogP contribution in [0, 0.1) is 11.8 Å². The van der Waals surface area contributed by atoms with E-state index < -0.39 is 0 Å². The summed E-state index contributed by atoms with van der Waals surface area (Å²) in [4.78, 5) is 0. The zero-order chi connectivity index (χ0) is 15.2. The highest BCUT2D eigenvalue weighted by Crippen LogP contribution is 2.60. The van der Waals surface area contributed by atoms with Crippen molar-refractivity contribution in [2.75, 3.05) is 0 Å². The third-order valence-electron chi connectivity index (χ3n) is 6.10. The number of rotatable bonds is 2. The van der Waals surface area contributed by atoms with Gasteiger partial charge >= 0.3 is 0 Å². The summed E-state index contributed by atoms with van der Waals surface area (Å²) in [5.74, 6) is 0.975. The quantitative estimate of drug-likeness (QED) is 0.716. The van der Waals surface area contributed by atoms with Gasteiger partial charge in [-0.05, 0) is 35.8 Å². The van der Waals surface area contributed by atoms with Gasteiger partial charge in [0.05, 0.1) is 0 Å². The van der Waals surface area contributed by atoms with Crippen molar-refractivity contribution < 1.29 is 0 Å². The van der Waals surface area contributed by atoms with Crippen LogP contribution in [0.4, 0.5) is 0 Å². The van der Waals surface area contributed by atoms with E-state index >= 15 is 0 Å². The molecule has 2 aliphatic heterocycles. The van der Waals surface area contributed by atoms with Gasteiger partial charge in [-0.3, -0.25) is 0 Å². The second kappa shape index (κ2) is 4.77. The van der Waals surface area contributed by atoms with E-state index in [4.69, 9.17) is 10.2 Å². The van der Waals surface area contributed by atoms with Gasteiger partial charge in [0.1, 0.15) is 11.1 Å². The van der Waals surface area contributed by atoms with Crippen LogP contribution in [0.15, 0.2) is 70.9 Å². The summed E-state index contributed by atoms with van der Waals surface area (Å²) in [7, 11) is 0. The molecule has 2 aromatic rings. The SMILES string of the molecule is C[C@@H]1[C@H](C)[C@]2(c3ccccc3)CC[C@@]1(c1ccccc1)N=N2. The molecule has 0 radical (unpaired) electrons. The van der Waals surface area contributed by atoms with E-state index in [0.717, 1.165) is 12.8 Å². The molecule has 22 heavy (non-hydrogen) atoms. The number of hydrogen-bond acceptors (Lipinski definition) is 2. The molecule has 112 valence electrons. The van der Waals surface area contributed by atoms with Gasteiger partial charge in [0.2, 0.25) is 0 Å². The Morgan fingerprint density at radius 1 is 0.682 bits per heavy atom. The van der Waals surface area contributed by atoms with Crippen LogP contribution in [0.2, 0.25) is 0 Å². The average Bonchev–Trinajstić information content (AvgIpc) is 2.61. The lowest BCUT2D eigenvalue weighted by molar-refractivity contribution is 0.0140. The summed E-state index contributed by atoms with van der Waals surface area (Å²) < 4.78 is 0. The summed E-state index contributed by atoms with van der Waals surface area (Å²) >= 11 is 0.